The lowest BCUT2D eigenvalue weighted by molar-refractivity contribution is -0.0452. The zero-order valence-corrected chi connectivity index (χ0v) is 39.5. The van der Waals surface area contributed by atoms with Gasteiger partial charge < -0.3 is 54.5 Å². The Labute approximate surface area is 381 Å². The van der Waals surface area contributed by atoms with E-state index in [9.17, 15) is 48.1 Å². The van der Waals surface area contributed by atoms with E-state index in [0.29, 0.717) is 33.9 Å². The van der Waals surface area contributed by atoms with Gasteiger partial charge >= 0.3 is 35.1 Å². The number of nitrogens with one attached hydrogen (secondary N) is 3. The maximum atomic E-state index is 12.8. The molecule has 1 fully saturated rings. The maximum Gasteiger partial charge on any atom is 0.490 e. The summed E-state index contributed by atoms with van der Waals surface area (Å²) in [6, 6.07) is 16.4. The molecule has 1 aromatic heterocycles. The summed E-state index contributed by atoms with van der Waals surface area (Å²) in [7, 11) is -7.03. The minimum absolute atomic E-state index is 0.0229. The monoisotopic (exact) mass is 1020 g/mol. The van der Waals surface area contributed by atoms with E-state index in [2.05, 4.69) is 28.8 Å². The second-order valence-electron chi connectivity index (χ2n) is 14.5. The molecule has 3 heterocycles. The van der Waals surface area contributed by atoms with Gasteiger partial charge in [-0.05, 0) is 48.1 Å². The Morgan fingerprint density at radius 1 is 1.02 bits per heavy atom. The lowest BCUT2D eigenvalue weighted by Gasteiger charge is -2.19. The molecule has 0 spiro atoms. The van der Waals surface area contributed by atoms with Gasteiger partial charge in [-0.25, -0.2) is 27.9 Å². The molecule has 0 saturated carbocycles. The smallest absolute Gasteiger partial charge is 0.478 e. The summed E-state index contributed by atoms with van der Waals surface area (Å²) in [6.45, 7) is -0.669. The molecule has 1 aliphatic carbocycles. The van der Waals surface area contributed by atoms with Gasteiger partial charge in [-0.15, -0.1) is 0 Å². The fraction of sp³-hybridized carbons (Fsp3) is 0.306. The molecular weight excluding hydrogens is 978 g/mol. The van der Waals surface area contributed by atoms with Crippen LogP contribution in [-0.2, 0) is 31.6 Å². The Morgan fingerprint density at radius 3 is 2.42 bits per heavy atom. The number of aromatic carboxylic acids is 1. The number of hydrogen-bond acceptors (Lipinski definition) is 16. The zero-order valence-electron chi connectivity index (χ0n) is 34.4. The van der Waals surface area contributed by atoms with E-state index in [-0.39, 0.29) is 28.5 Å². The number of thiocarbonyl (C=S) groups is 1. The van der Waals surface area contributed by atoms with Gasteiger partial charge in [0.05, 0.1) is 29.2 Å². The van der Waals surface area contributed by atoms with Crippen molar-refractivity contribution in [3.8, 4) is 22.5 Å². The van der Waals surface area contributed by atoms with E-state index in [1.165, 1.54) is 23.1 Å². The van der Waals surface area contributed by atoms with E-state index in [4.69, 9.17) is 31.2 Å². The average molecular weight is 1020 g/mol. The van der Waals surface area contributed by atoms with E-state index < -0.39 is 65.7 Å². The van der Waals surface area contributed by atoms with Crippen molar-refractivity contribution in [2.45, 2.75) is 29.8 Å². The number of aromatic nitrogens is 2. The summed E-state index contributed by atoms with van der Waals surface area (Å²) in [5, 5.41) is 28.8. The van der Waals surface area contributed by atoms with Crippen LogP contribution in [0.1, 0.15) is 23.0 Å². The highest BCUT2D eigenvalue weighted by Gasteiger charge is 2.43. The highest BCUT2D eigenvalue weighted by Crippen LogP contribution is 2.66. The third-order valence-electron chi connectivity index (χ3n) is 9.39. The van der Waals surface area contributed by atoms with E-state index in [0.717, 1.165) is 37.4 Å². The Kier molecular flexibility index (Phi) is 15.7. The molecular formula is C36H42N6O17P3S3+. The molecule has 5 atom stereocenters. The van der Waals surface area contributed by atoms with Crippen LogP contribution < -0.4 is 36.7 Å². The molecule has 2 aromatic carbocycles. The van der Waals surface area contributed by atoms with Crippen molar-refractivity contribution in [3.63, 3.8) is 0 Å². The number of carbonyl (C=O) groups is 1. The first kappa shape index (κ1) is 50.2. The Morgan fingerprint density at radius 2 is 1.74 bits per heavy atom. The fourth-order valence-corrected chi connectivity index (χ4v) is 11.6. The summed E-state index contributed by atoms with van der Waals surface area (Å²) < 4.78 is 61.2. The van der Waals surface area contributed by atoms with Crippen molar-refractivity contribution in [2.75, 3.05) is 57.3 Å². The molecule has 6 rings (SSSR count). The predicted molar refractivity (Wildman–Crippen MR) is 245 cm³/mol. The Hall–Kier alpha value is -4.20. The minimum Gasteiger partial charge on any atom is -0.478 e. The molecule has 3 aliphatic rings. The predicted octanol–water partition coefficient (Wildman–Crippen LogP) is 3.57. The van der Waals surface area contributed by atoms with Gasteiger partial charge in [-0.1, -0.05) is 27.7 Å². The number of ether oxygens (including phenoxy) is 1. The minimum atomic E-state index is -5.78. The standard InChI is InChI=1S/C36H41N6O17P3S3/c1-40(2)20-6-9-23-27(14-20)56-28-15-21(41(3)4)7-10-24(28)32(23)22-8-5-19(13-25(22)34(45)46)38-35(63)37-11-12-64-65-30-17-42(36(47)39-33(30)44)31-16-26(43)29(57-31)18-55-61(51,52)59-62(53,54)58-60(48,49)50/h5-10,13-15,17,26,29,31,43H,11-12,16,18H2,1-4H3,(H7,37,39,44,45,46,47,48,49,50,51,52,53,54,63)/p+1/t26-,29+,31+/m0/s1. The number of fused-ring (bicyclic) bond motifs is 2. The molecule has 29 heteroatoms. The number of nitrogens with zero attached hydrogens (tertiary/aromatic N) is 3. The lowest BCUT2D eigenvalue weighted by Crippen LogP contribution is -2.33. The second-order valence-corrected chi connectivity index (χ2v) is 21.7. The normalized spacial score (nSPS) is 18.3. The van der Waals surface area contributed by atoms with Crippen LogP contribution >= 0.6 is 57.3 Å². The molecule has 2 unspecified atom stereocenters. The Balaban J connectivity index is 1.07. The first-order chi connectivity index (χ1) is 30.4. The fourth-order valence-electron chi connectivity index (χ4n) is 6.46. The lowest BCUT2D eigenvalue weighted by atomic mass is 9.90. The van der Waals surface area contributed by atoms with E-state index >= 15 is 0 Å². The first-order valence-electron chi connectivity index (χ1n) is 18.8. The van der Waals surface area contributed by atoms with Crippen molar-refractivity contribution in [3.05, 3.63) is 92.6 Å². The third-order valence-corrected chi connectivity index (χ3v) is 15.8. The van der Waals surface area contributed by atoms with Crippen LogP contribution in [0.2, 0.25) is 0 Å². The molecule has 3 aromatic rings. The zero-order chi connectivity index (χ0) is 47.6. The van der Waals surface area contributed by atoms with Crippen LogP contribution in [0.15, 0.2) is 79.7 Å². The molecule has 2 aliphatic heterocycles. The number of aliphatic hydroxyl groups excluding tert-OH is 1. The quantitative estimate of drug-likeness (QED) is 0.0161. The molecule has 1 saturated heterocycles. The van der Waals surface area contributed by atoms with Crippen molar-refractivity contribution in [1.82, 2.24) is 19.4 Å². The number of carboxylic acid groups (broad SMARTS) is 1. The number of carboxylic acids is 1. The number of rotatable bonds is 17. The number of aromatic amines is 1. The van der Waals surface area contributed by atoms with E-state index in [1.54, 1.807) is 12.1 Å². The average Bonchev–Trinajstić information content (AvgIpc) is 3.57. The topological polar surface area (TPSA) is 325 Å². The number of hydrogen-bond donors (Lipinski definition) is 9. The summed E-state index contributed by atoms with van der Waals surface area (Å²) >= 11 is 5.48. The molecule has 0 amide bonds. The number of H-pyrrole nitrogens is 1. The summed E-state index contributed by atoms with van der Waals surface area (Å²) in [4.78, 5) is 78.7. The van der Waals surface area contributed by atoms with Gasteiger partial charge in [-0.3, -0.25) is 18.9 Å². The molecule has 0 radical (unpaired) electrons. The summed E-state index contributed by atoms with van der Waals surface area (Å²) in [6.07, 6.45) is -3.15. The van der Waals surface area contributed by atoms with Crippen LogP contribution in [0.4, 0.5) is 11.4 Å². The number of phosphoric acid groups is 3. The SMILES string of the molecule is CN(C)c1ccc2c(-c3ccc(NC(=S)NCCSSc4cn([C@H]5C[C@H](O)[C@@H](COP(=O)(O)OP(=O)(O)OP(=O)(O)O)O5)c(=O)[nH]c4=O)cc3C(=O)O)c3ccc(=[N+](C)C)cc-3oc2c1. The van der Waals surface area contributed by atoms with E-state index in [1.807, 2.05) is 74.1 Å². The Bertz CT molecular complexity index is 2960. The van der Waals surface area contributed by atoms with Gasteiger partial charge in [-0.2, -0.15) is 8.62 Å². The van der Waals surface area contributed by atoms with Crippen LogP contribution in [-0.4, -0.2) is 110 Å². The van der Waals surface area contributed by atoms with Crippen LogP contribution in [0.5, 0.6) is 0 Å². The van der Waals surface area contributed by atoms with Crippen molar-refractivity contribution < 1.29 is 70.6 Å². The number of benzene rings is 3. The van der Waals surface area contributed by atoms with Gasteiger partial charge in [0.1, 0.15) is 37.8 Å². The summed E-state index contributed by atoms with van der Waals surface area (Å²) in [5.74, 6) is -0.207. The molecule has 0 bridgehead atoms. The highest BCUT2D eigenvalue weighted by atomic mass is 33.1. The van der Waals surface area contributed by atoms with Gasteiger partial charge in [0, 0.05) is 79.0 Å². The van der Waals surface area contributed by atoms with Crippen LogP contribution in [0.3, 0.4) is 0 Å². The van der Waals surface area contributed by atoms with Gasteiger partial charge in [0.25, 0.3) is 5.56 Å². The first-order valence-corrected chi connectivity index (χ1v) is 26.0. The van der Waals surface area contributed by atoms with Crippen LogP contribution in [0, 0.1) is 0 Å². The van der Waals surface area contributed by atoms with Crippen molar-refractivity contribution in [2.24, 2.45) is 0 Å². The number of anilines is 2. The number of aliphatic hydroxyl groups is 1. The van der Waals surface area contributed by atoms with Crippen molar-refractivity contribution >= 4 is 90.7 Å². The highest BCUT2D eigenvalue weighted by molar-refractivity contribution is 8.76. The molecule has 23 nitrogen and oxygen atoms in total. The largest absolute Gasteiger partial charge is 0.490 e. The molecule has 65 heavy (non-hydrogen) atoms. The van der Waals surface area contributed by atoms with Gasteiger partial charge in [0.2, 0.25) is 5.36 Å². The molecule has 9 N–H and O–H groups in total. The summed E-state index contributed by atoms with van der Waals surface area (Å²) in [5.41, 5.74) is 2.17. The maximum absolute atomic E-state index is 12.8. The van der Waals surface area contributed by atoms with Crippen LogP contribution in [0.25, 0.3) is 33.4 Å². The van der Waals surface area contributed by atoms with Gasteiger partial charge in [0.15, 0.2) is 5.11 Å². The second kappa shape index (κ2) is 20.3. The number of phosphoric ester groups is 1. The van der Waals surface area contributed by atoms with Crippen molar-refractivity contribution in [1.29, 1.82) is 0 Å². The molecule has 350 valence electrons. The third kappa shape index (κ3) is 12.8.